The van der Waals surface area contributed by atoms with Crippen LogP contribution in [0.15, 0.2) is 43.9 Å². The standard InChI is InChI=1S/C22H24BrN3O5/c1-28-16-9-8-14(12-18(16)29-2)21-24-20(31-25-21)13-26(15-6-4-3-5-7-15)22(27)17-10-11-19(23)30-17/h8-12,15H,3-7,13H2,1-2H3. The zero-order valence-corrected chi connectivity index (χ0v) is 19.1. The number of furan rings is 1. The van der Waals surface area contributed by atoms with Crippen molar-refractivity contribution in [2.24, 2.45) is 0 Å². The lowest BCUT2D eigenvalue weighted by Crippen LogP contribution is -2.41. The van der Waals surface area contributed by atoms with Crippen molar-refractivity contribution in [1.82, 2.24) is 15.0 Å². The Morgan fingerprint density at radius 2 is 1.90 bits per heavy atom. The van der Waals surface area contributed by atoms with Gasteiger partial charge in [-0.15, -0.1) is 0 Å². The average Bonchev–Trinajstić information content (AvgIpc) is 3.46. The number of rotatable bonds is 7. The molecule has 1 aliphatic rings. The first-order chi connectivity index (χ1) is 15.1. The molecule has 1 fully saturated rings. The molecule has 1 amide bonds. The molecule has 4 rings (SSSR count). The smallest absolute Gasteiger partial charge is 0.290 e. The van der Waals surface area contributed by atoms with Crippen LogP contribution in [0.25, 0.3) is 11.4 Å². The molecule has 1 aromatic carbocycles. The molecule has 2 heterocycles. The van der Waals surface area contributed by atoms with Crippen LogP contribution in [0.2, 0.25) is 0 Å². The summed E-state index contributed by atoms with van der Waals surface area (Å²) in [6.45, 7) is 0.224. The molecule has 0 aliphatic heterocycles. The number of ether oxygens (including phenoxy) is 2. The van der Waals surface area contributed by atoms with Crippen LogP contribution in [0.4, 0.5) is 0 Å². The first-order valence-electron chi connectivity index (χ1n) is 10.2. The molecule has 31 heavy (non-hydrogen) atoms. The van der Waals surface area contributed by atoms with Gasteiger partial charge in [0.05, 0.1) is 14.2 Å². The van der Waals surface area contributed by atoms with Gasteiger partial charge in [0, 0.05) is 11.6 Å². The number of aromatic nitrogens is 2. The van der Waals surface area contributed by atoms with Crippen molar-refractivity contribution in [1.29, 1.82) is 0 Å². The fourth-order valence-electron chi connectivity index (χ4n) is 3.89. The van der Waals surface area contributed by atoms with E-state index in [-0.39, 0.29) is 24.3 Å². The van der Waals surface area contributed by atoms with E-state index in [0.29, 0.717) is 27.9 Å². The van der Waals surface area contributed by atoms with Crippen molar-refractivity contribution in [3.05, 3.63) is 46.7 Å². The predicted octanol–water partition coefficient (Wildman–Crippen LogP) is 5.08. The minimum Gasteiger partial charge on any atom is -0.493 e. The maximum atomic E-state index is 13.2. The third-order valence-corrected chi connectivity index (χ3v) is 5.90. The van der Waals surface area contributed by atoms with Crippen LogP contribution in [0.1, 0.15) is 48.5 Å². The number of methoxy groups -OCH3 is 2. The summed E-state index contributed by atoms with van der Waals surface area (Å²) in [5, 5.41) is 4.10. The van der Waals surface area contributed by atoms with Gasteiger partial charge in [-0.3, -0.25) is 4.79 Å². The second-order valence-corrected chi connectivity index (χ2v) is 8.19. The first kappa shape index (κ1) is 21.4. The molecule has 9 heteroatoms. The van der Waals surface area contributed by atoms with E-state index in [1.165, 1.54) is 6.42 Å². The molecule has 164 valence electrons. The van der Waals surface area contributed by atoms with Gasteiger partial charge in [0.2, 0.25) is 11.7 Å². The minimum atomic E-state index is -0.177. The molecule has 0 N–H and O–H groups in total. The van der Waals surface area contributed by atoms with Gasteiger partial charge in [-0.05, 0) is 59.1 Å². The summed E-state index contributed by atoms with van der Waals surface area (Å²) in [7, 11) is 3.16. The first-order valence-corrected chi connectivity index (χ1v) is 11.0. The Morgan fingerprint density at radius 3 is 2.58 bits per heavy atom. The van der Waals surface area contributed by atoms with Crippen LogP contribution >= 0.6 is 15.9 Å². The Balaban J connectivity index is 1.57. The monoisotopic (exact) mass is 489 g/mol. The Hall–Kier alpha value is -2.81. The van der Waals surface area contributed by atoms with E-state index in [1.807, 2.05) is 6.07 Å². The molecule has 0 saturated heterocycles. The van der Waals surface area contributed by atoms with Gasteiger partial charge in [-0.25, -0.2) is 0 Å². The highest BCUT2D eigenvalue weighted by atomic mass is 79.9. The topological polar surface area (TPSA) is 90.8 Å². The van der Waals surface area contributed by atoms with Crippen LogP contribution in [0.5, 0.6) is 11.5 Å². The van der Waals surface area contributed by atoms with E-state index < -0.39 is 0 Å². The molecule has 0 bridgehead atoms. The second kappa shape index (κ2) is 9.55. The van der Waals surface area contributed by atoms with Crippen molar-refractivity contribution in [3.63, 3.8) is 0 Å². The van der Waals surface area contributed by atoms with E-state index in [9.17, 15) is 4.79 Å². The van der Waals surface area contributed by atoms with Gasteiger partial charge in [0.25, 0.3) is 5.91 Å². The molecule has 8 nitrogen and oxygen atoms in total. The molecule has 1 aliphatic carbocycles. The molecule has 0 atom stereocenters. The van der Waals surface area contributed by atoms with Crippen molar-refractivity contribution < 1.29 is 23.2 Å². The van der Waals surface area contributed by atoms with E-state index >= 15 is 0 Å². The lowest BCUT2D eigenvalue weighted by atomic mass is 9.94. The fraction of sp³-hybridized carbons (Fsp3) is 0.409. The molecule has 0 radical (unpaired) electrons. The number of hydrogen-bond donors (Lipinski definition) is 0. The number of carbonyl (C=O) groups excluding carboxylic acids is 1. The zero-order valence-electron chi connectivity index (χ0n) is 17.5. The third-order valence-electron chi connectivity index (χ3n) is 5.48. The maximum Gasteiger partial charge on any atom is 0.290 e. The Morgan fingerprint density at radius 1 is 1.13 bits per heavy atom. The highest BCUT2D eigenvalue weighted by Gasteiger charge is 2.30. The van der Waals surface area contributed by atoms with Gasteiger partial charge in [-0.1, -0.05) is 24.4 Å². The highest BCUT2D eigenvalue weighted by molar-refractivity contribution is 9.10. The molecular formula is C22H24BrN3O5. The number of carbonyl (C=O) groups is 1. The van der Waals surface area contributed by atoms with Gasteiger partial charge in [0.15, 0.2) is 21.9 Å². The zero-order chi connectivity index (χ0) is 21.8. The molecule has 0 spiro atoms. The number of amides is 1. The summed E-state index contributed by atoms with van der Waals surface area (Å²) in [6.07, 6.45) is 5.28. The van der Waals surface area contributed by atoms with Gasteiger partial charge in [-0.2, -0.15) is 4.98 Å². The summed E-state index contributed by atoms with van der Waals surface area (Å²) in [5.74, 6) is 2.10. The molecule has 1 saturated carbocycles. The molecule has 3 aromatic rings. The average molecular weight is 490 g/mol. The summed E-state index contributed by atoms with van der Waals surface area (Å²) >= 11 is 3.27. The van der Waals surface area contributed by atoms with Crippen molar-refractivity contribution in [2.45, 2.75) is 44.7 Å². The maximum absolute atomic E-state index is 13.2. The number of hydrogen-bond acceptors (Lipinski definition) is 7. The summed E-state index contributed by atoms with van der Waals surface area (Å²) in [5.41, 5.74) is 0.734. The van der Waals surface area contributed by atoms with Gasteiger partial charge < -0.3 is 23.3 Å². The summed E-state index contributed by atoms with van der Waals surface area (Å²) in [6, 6.07) is 8.91. The lowest BCUT2D eigenvalue weighted by molar-refractivity contribution is 0.0552. The number of benzene rings is 1. The number of nitrogens with zero attached hydrogens (tertiary/aromatic N) is 3. The van der Waals surface area contributed by atoms with E-state index in [2.05, 4.69) is 26.1 Å². The third kappa shape index (κ3) is 4.76. The summed E-state index contributed by atoms with van der Waals surface area (Å²) < 4.78 is 22.2. The van der Waals surface area contributed by atoms with Crippen LogP contribution in [0.3, 0.4) is 0 Å². The Labute approximate surface area is 188 Å². The van der Waals surface area contributed by atoms with Crippen LogP contribution in [-0.2, 0) is 6.54 Å². The second-order valence-electron chi connectivity index (χ2n) is 7.41. The van der Waals surface area contributed by atoms with Crippen LogP contribution in [-0.4, -0.2) is 41.2 Å². The quantitative estimate of drug-likeness (QED) is 0.456. The lowest BCUT2D eigenvalue weighted by Gasteiger charge is -2.32. The predicted molar refractivity (Wildman–Crippen MR) is 116 cm³/mol. The molecule has 0 unspecified atom stereocenters. The van der Waals surface area contributed by atoms with Crippen molar-refractivity contribution in [3.8, 4) is 22.9 Å². The highest BCUT2D eigenvalue weighted by Crippen LogP contribution is 2.32. The van der Waals surface area contributed by atoms with E-state index in [0.717, 1.165) is 31.2 Å². The van der Waals surface area contributed by atoms with Crippen LogP contribution < -0.4 is 9.47 Å². The largest absolute Gasteiger partial charge is 0.493 e. The minimum absolute atomic E-state index is 0.113. The van der Waals surface area contributed by atoms with Gasteiger partial charge >= 0.3 is 0 Å². The fourth-order valence-corrected chi connectivity index (χ4v) is 4.19. The van der Waals surface area contributed by atoms with Crippen LogP contribution in [0, 0.1) is 0 Å². The SMILES string of the molecule is COc1ccc(-c2noc(CN(C(=O)c3ccc(Br)o3)C3CCCCC3)n2)cc1OC. The number of halogens is 1. The van der Waals surface area contributed by atoms with Gasteiger partial charge in [0.1, 0.15) is 6.54 Å². The molecule has 2 aromatic heterocycles. The van der Waals surface area contributed by atoms with E-state index in [4.69, 9.17) is 18.4 Å². The van der Waals surface area contributed by atoms with E-state index in [1.54, 1.807) is 43.4 Å². The Bertz CT molecular complexity index is 1040. The molecular weight excluding hydrogens is 466 g/mol. The Kier molecular flexibility index (Phi) is 6.60. The van der Waals surface area contributed by atoms with Crippen molar-refractivity contribution in [2.75, 3.05) is 14.2 Å². The normalized spacial score (nSPS) is 14.4. The summed E-state index contributed by atoms with van der Waals surface area (Å²) in [4.78, 5) is 19.5. The van der Waals surface area contributed by atoms with Crippen molar-refractivity contribution >= 4 is 21.8 Å².